The average molecular weight is 442 g/mol. The van der Waals surface area contributed by atoms with Crippen molar-refractivity contribution in [3.8, 4) is 0 Å². The second kappa shape index (κ2) is 15.0. The third-order valence-electron chi connectivity index (χ3n) is 3.31. The van der Waals surface area contributed by atoms with Gasteiger partial charge in [-0.3, -0.25) is 9.79 Å². The highest BCUT2D eigenvalue weighted by Crippen LogP contribution is 2.09. The zero-order valence-corrected chi connectivity index (χ0v) is 17.8. The summed E-state index contributed by atoms with van der Waals surface area (Å²) in [5, 5.41) is 9.32. The Kier molecular flexibility index (Phi) is 16.1. The number of ether oxygens (including phenoxy) is 1. The standard InChI is InChI=1S/C16H34N4O2.HI/c1-7-22-14(12(2)3)8-9-19-16(17-6)20-11-10-18-15(21)13(4)5;/h12-14H,7-11H2,1-6H3,(H,18,21)(H2,17,19,20);1H. The predicted molar refractivity (Wildman–Crippen MR) is 107 cm³/mol. The minimum absolute atomic E-state index is 0. The Morgan fingerprint density at radius 2 is 1.61 bits per heavy atom. The van der Waals surface area contributed by atoms with Crippen LogP contribution in [0.3, 0.4) is 0 Å². The van der Waals surface area contributed by atoms with Crippen molar-refractivity contribution in [2.75, 3.05) is 33.3 Å². The van der Waals surface area contributed by atoms with Crippen LogP contribution in [0.1, 0.15) is 41.0 Å². The molecular formula is C16H35IN4O2. The van der Waals surface area contributed by atoms with E-state index in [0.29, 0.717) is 19.0 Å². The first kappa shape index (κ1) is 24.7. The first-order valence-corrected chi connectivity index (χ1v) is 8.26. The Labute approximate surface area is 158 Å². The van der Waals surface area contributed by atoms with Gasteiger partial charge in [-0.25, -0.2) is 0 Å². The molecule has 3 N–H and O–H groups in total. The van der Waals surface area contributed by atoms with E-state index in [1.807, 2.05) is 20.8 Å². The second-order valence-corrected chi connectivity index (χ2v) is 5.90. The molecule has 0 rings (SSSR count). The normalized spacial score (nSPS) is 12.8. The van der Waals surface area contributed by atoms with Crippen molar-refractivity contribution in [3.05, 3.63) is 0 Å². The Hall–Kier alpha value is -0.570. The average Bonchev–Trinajstić information content (AvgIpc) is 2.47. The van der Waals surface area contributed by atoms with E-state index in [4.69, 9.17) is 4.74 Å². The molecular weight excluding hydrogens is 407 g/mol. The van der Waals surface area contributed by atoms with Crippen LogP contribution < -0.4 is 16.0 Å². The number of hydrogen-bond donors (Lipinski definition) is 3. The summed E-state index contributed by atoms with van der Waals surface area (Å²) < 4.78 is 5.72. The number of aliphatic imine (C=N–C) groups is 1. The minimum atomic E-state index is 0. The molecule has 7 heteroatoms. The Balaban J connectivity index is 0. The van der Waals surface area contributed by atoms with Gasteiger partial charge in [-0.1, -0.05) is 27.7 Å². The van der Waals surface area contributed by atoms with E-state index < -0.39 is 0 Å². The van der Waals surface area contributed by atoms with Crippen molar-refractivity contribution in [3.63, 3.8) is 0 Å². The highest BCUT2D eigenvalue weighted by molar-refractivity contribution is 14.0. The second-order valence-electron chi connectivity index (χ2n) is 5.90. The number of guanidine groups is 1. The monoisotopic (exact) mass is 442 g/mol. The van der Waals surface area contributed by atoms with Gasteiger partial charge in [0.05, 0.1) is 6.10 Å². The molecule has 23 heavy (non-hydrogen) atoms. The lowest BCUT2D eigenvalue weighted by atomic mass is 10.0. The van der Waals surface area contributed by atoms with Crippen molar-refractivity contribution >= 4 is 35.8 Å². The molecule has 0 aliphatic rings. The minimum Gasteiger partial charge on any atom is -0.378 e. The molecule has 1 unspecified atom stereocenters. The van der Waals surface area contributed by atoms with Crippen molar-refractivity contribution < 1.29 is 9.53 Å². The maximum atomic E-state index is 11.4. The van der Waals surface area contributed by atoms with Gasteiger partial charge >= 0.3 is 0 Å². The first-order chi connectivity index (χ1) is 10.4. The van der Waals surface area contributed by atoms with Gasteiger partial charge in [0.15, 0.2) is 5.96 Å². The smallest absolute Gasteiger partial charge is 0.222 e. The largest absolute Gasteiger partial charge is 0.378 e. The van der Waals surface area contributed by atoms with Gasteiger partial charge in [-0.2, -0.15) is 0 Å². The quantitative estimate of drug-likeness (QED) is 0.209. The molecule has 6 nitrogen and oxygen atoms in total. The Morgan fingerprint density at radius 1 is 1.04 bits per heavy atom. The number of amides is 1. The van der Waals surface area contributed by atoms with Crippen LogP contribution in [-0.2, 0) is 9.53 Å². The van der Waals surface area contributed by atoms with E-state index >= 15 is 0 Å². The van der Waals surface area contributed by atoms with Crippen LogP contribution in [0.5, 0.6) is 0 Å². The lowest BCUT2D eigenvalue weighted by Gasteiger charge is -2.21. The molecule has 0 saturated carbocycles. The lowest BCUT2D eigenvalue weighted by Crippen LogP contribution is -2.43. The Morgan fingerprint density at radius 3 is 2.09 bits per heavy atom. The van der Waals surface area contributed by atoms with E-state index in [2.05, 4.69) is 34.8 Å². The number of nitrogens with zero attached hydrogens (tertiary/aromatic N) is 1. The van der Waals surface area contributed by atoms with Gasteiger partial charge in [0.2, 0.25) is 5.91 Å². The number of carbonyl (C=O) groups is 1. The first-order valence-electron chi connectivity index (χ1n) is 8.26. The highest BCUT2D eigenvalue weighted by atomic mass is 127. The van der Waals surface area contributed by atoms with Crippen molar-refractivity contribution in [1.29, 1.82) is 0 Å². The van der Waals surface area contributed by atoms with E-state index in [9.17, 15) is 4.79 Å². The molecule has 0 aliphatic heterocycles. The van der Waals surface area contributed by atoms with Crippen molar-refractivity contribution in [2.24, 2.45) is 16.8 Å². The zero-order chi connectivity index (χ0) is 17.0. The summed E-state index contributed by atoms with van der Waals surface area (Å²) in [6.45, 7) is 12.9. The maximum Gasteiger partial charge on any atom is 0.222 e. The fourth-order valence-electron chi connectivity index (χ4n) is 1.95. The summed E-state index contributed by atoms with van der Waals surface area (Å²) in [6, 6.07) is 0. The van der Waals surface area contributed by atoms with Crippen LogP contribution in [0, 0.1) is 11.8 Å². The summed E-state index contributed by atoms with van der Waals surface area (Å²) >= 11 is 0. The topological polar surface area (TPSA) is 74.8 Å². The summed E-state index contributed by atoms with van der Waals surface area (Å²) in [5.74, 6) is 1.34. The number of hydrogen-bond acceptors (Lipinski definition) is 3. The van der Waals surface area contributed by atoms with Crippen LogP contribution in [-0.4, -0.2) is 51.3 Å². The molecule has 0 aromatic carbocycles. The molecule has 0 saturated heterocycles. The number of rotatable bonds is 10. The van der Waals surface area contributed by atoms with E-state index in [0.717, 1.165) is 25.5 Å². The van der Waals surface area contributed by atoms with Gasteiger partial charge in [-0.15, -0.1) is 24.0 Å². The molecule has 0 aliphatic carbocycles. The fourth-order valence-corrected chi connectivity index (χ4v) is 1.95. The lowest BCUT2D eigenvalue weighted by molar-refractivity contribution is -0.123. The molecule has 0 bridgehead atoms. The fraction of sp³-hybridized carbons (Fsp3) is 0.875. The van der Waals surface area contributed by atoms with Crippen LogP contribution in [0.2, 0.25) is 0 Å². The van der Waals surface area contributed by atoms with Gasteiger partial charge in [0, 0.05) is 39.2 Å². The van der Waals surface area contributed by atoms with E-state index in [-0.39, 0.29) is 41.9 Å². The Bertz CT molecular complexity index is 336. The van der Waals surface area contributed by atoms with Gasteiger partial charge in [0.25, 0.3) is 0 Å². The zero-order valence-electron chi connectivity index (χ0n) is 15.4. The summed E-state index contributed by atoms with van der Waals surface area (Å²) in [4.78, 5) is 15.6. The number of halogens is 1. The number of nitrogens with one attached hydrogen (secondary N) is 3. The summed E-state index contributed by atoms with van der Waals surface area (Å²) in [6.07, 6.45) is 1.21. The van der Waals surface area contributed by atoms with Crippen LogP contribution in [0.15, 0.2) is 4.99 Å². The molecule has 0 heterocycles. The van der Waals surface area contributed by atoms with Crippen molar-refractivity contribution in [2.45, 2.75) is 47.1 Å². The molecule has 0 fully saturated rings. The van der Waals surface area contributed by atoms with Gasteiger partial charge < -0.3 is 20.7 Å². The summed E-state index contributed by atoms with van der Waals surface area (Å²) in [5.41, 5.74) is 0. The number of carbonyl (C=O) groups excluding carboxylic acids is 1. The van der Waals surface area contributed by atoms with Gasteiger partial charge in [0.1, 0.15) is 0 Å². The summed E-state index contributed by atoms with van der Waals surface area (Å²) in [7, 11) is 1.74. The van der Waals surface area contributed by atoms with Gasteiger partial charge in [-0.05, 0) is 19.3 Å². The molecule has 138 valence electrons. The molecule has 0 spiro atoms. The third-order valence-corrected chi connectivity index (χ3v) is 3.31. The molecule has 1 amide bonds. The van der Waals surface area contributed by atoms with E-state index in [1.54, 1.807) is 7.05 Å². The maximum absolute atomic E-state index is 11.4. The molecule has 1 atom stereocenters. The van der Waals surface area contributed by atoms with Crippen LogP contribution in [0.25, 0.3) is 0 Å². The molecule has 0 aromatic heterocycles. The van der Waals surface area contributed by atoms with Crippen molar-refractivity contribution in [1.82, 2.24) is 16.0 Å². The van der Waals surface area contributed by atoms with Crippen LogP contribution >= 0.6 is 24.0 Å². The molecule has 0 radical (unpaired) electrons. The predicted octanol–water partition coefficient (Wildman–Crippen LogP) is 1.99. The SMILES string of the molecule is CCOC(CCNC(=NC)NCCNC(=O)C(C)C)C(C)C.I. The van der Waals surface area contributed by atoms with E-state index in [1.165, 1.54) is 0 Å². The third kappa shape index (κ3) is 12.5. The molecule has 0 aromatic rings. The highest BCUT2D eigenvalue weighted by Gasteiger charge is 2.12. The van der Waals surface area contributed by atoms with Crippen LogP contribution in [0.4, 0.5) is 0 Å².